The van der Waals surface area contributed by atoms with Gasteiger partial charge < -0.3 is 4.74 Å². The van der Waals surface area contributed by atoms with Gasteiger partial charge >= 0.3 is 5.69 Å². The number of Topliss-reactive ketones (excluding diaryl/α,β-unsaturated/α-hetero) is 1. The molecule has 7 heteroatoms. The smallest absolute Gasteiger partial charge is 0.330 e. The van der Waals surface area contributed by atoms with E-state index in [0.717, 1.165) is 11.3 Å². The third-order valence-corrected chi connectivity index (χ3v) is 5.00. The molecule has 0 saturated heterocycles. The molecule has 2 heterocycles. The first kappa shape index (κ1) is 17.2. The van der Waals surface area contributed by atoms with Gasteiger partial charge in [-0.25, -0.2) is 9.78 Å². The lowest BCUT2D eigenvalue weighted by atomic mass is 9.84. The van der Waals surface area contributed by atoms with Crippen LogP contribution in [0.5, 0.6) is 5.75 Å². The van der Waals surface area contributed by atoms with Gasteiger partial charge in [0.15, 0.2) is 5.78 Å². The molecule has 0 saturated carbocycles. The lowest BCUT2D eigenvalue weighted by molar-refractivity contribution is 0.0953. The molecule has 0 spiro atoms. The van der Waals surface area contributed by atoms with E-state index in [2.05, 4.69) is 9.97 Å². The maximum absolute atomic E-state index is 12.5. The van der Waals surface area contributed by atoms with Crippen molar-refractivity contribution in [3.05, 3.63) is 68.0 Å². The molecule has 1 aromatic carbocycles. The number of benzene rings is 1. The summed E-state index contributed by atoms with van der Waals surface area (Å²) in [6.07, 6.45) is 2.56. The predicted octanol–water partition coefficient (Wildman–Crippen LogP) is 1.91. The Morgan fingerprint density at radius 1 is 1.19 bits per heavy atom. The Hall–Kier alpha value is -3.22. The van der Waals surface area contributed by atoms with Crippen molar-refractivity contribution in [1.82, 2.24) is 14.5 Å². The van der Waals surface area contributed by atoms with Gasteiger partial charge in [0, 0.05) is 18.2 Å². The molecule has 138 valence electrons. The number of hydrogen-bond donors (Lipinski definition) is 1. The van der Waals surface area contributed by atoms with Crippen LogP contribution in [0.25, 0.3) is 11.0 Å². The van der Waals surface area contributed by atoms with Crippen LogP contribution in [-0.4, -0.2) is 27.4 Å². The molecule has 1 unspecified atom stereocenters. The van der Waals surface area contributed by atoms with E-state index < -0.39 is 11.2 Å². The van der Waals surface area contributed by atoms with E-state index >= 15 is 0 Å². The third-order valence-electron chi connectivity index (χ3n) is 5.00. The standard InChI is InChI=1S/C20H19N3O4/c1-11-7-14-15(16(24)8-11)9-21-18-17(14)19(25)22-20(26)23(18)10-12-3-5-13(27-2)6-4-12/h3-6,9,11H,7-8,10H2,1-2H3,(H,22,25,26). The number of aromatic amines is 1. The van der Waals surface area contributed by atoms with Crippen LogP contribution >= 0.6 is 0 Å². The lowest BCUT2D eigenvalue weighted by Crippen LogP contribution is -2.33. The van der Waals surface area contributed by atoms with Crippen molar-refractivity contribution in [3.63, 3.8) is 0 Å². The zero-order valence-electron chi connectivity index (χ0n) is 15.1. The van der Waals surface area contributed by atoms with Gasteiger partial charge in [-0.3, -0.25) is 19.1 Å². The molecule has 0 fully saturated rings. The molecule has 0 bridgehead atoms. The number of ether oxygens (including phenoxy) is 1. The van der Waals surface area contributed by atoms with Crippen LogP contribution in [0.15, 0.2) is 40.1 Å². The van der Waals surface area contributed by atoms with Gasteiger partial charge in [-0.15, -0.1) is 0 Å². The molecule has 1 aliphatic rings. The van der Waals surface area contributed by atoms with Crippen LogP contribution in [0.1, 0.15) is 34.8 Å². The highest BCUT2D eigenvalue weighted by Crippen LogP contribution is 2.28. The molecule has 1 atom stereocenters. The van der Waals surface area contributed by atoms with Gasteiger partial charge in [0.1, 0.15) is 11.4 Å². The Balaban J connectivity index is 1.91. The van der Waals surface area contributed by atoms with Crippen molar-refractivity contribution < 1.29 is 9.53 Å². The Labute approximate surface area is 154 Å². The van der Waals surface area contributed by atoms with Crippen molar-refractivity contribution in [1.29, 1.82) is 0 Å². The van der Waals surface area contributed by atoms with E-state index in [-0.39, 0.29) is 18.2 Å². The Morgan fingerprint density at radius 3 is 2.63 bits per heavy atom. The zero-order chi connectivity index (χ0) is 19.1. The van der Waals surface area contributed by atoms with Gasteiger partial charge in [0.05, 0.1) is 19.0 Å². The Bertz CT molecular complexity index is 1160. The maximum Gasteiger partial charge on any atom is 0.330 e. The molecule has 1 N–H and O–H groups in total. The first-order valence-corrected chi connectivity index (χ1v) is 8.78. The first-order chi connectivity index (χ1) is 13.0. The normalized spacial score (nSPS) is 16.4. The van der Waals surface area contributed by atoms with Crippen molar-refractivity contribution in [2.24, 2.45) is 5.92 Å². The van der Waals surface area contributed by atoms with E-state index in [1.807, 2.05) is 31.2 Å². The van der Waals surface area contributed by atoms with Crippen LogP contribution < -0.4 is 16.0 Å². The molecule has 7 nitrogen and oxygen atoms in total. The fourth-order valence-corrected chi connectivity index (χ4v) is 3.66. The quantitative estimate of drug-likeness (QED) is 0.765. The van der Waals surface area contributed by atoms with Crippen molar-refractivity contribution in [2.75, 3.05) is 7.11 Å². The summed E-state index contributed by atoms with van der Waals surface area (Å²) in [4.78, 5) is 44.0. The summed E-state index contributed by atoms with van der Waals surface area (Å²) in [5.41, 5.74) is 1.34. The number of rotatable bonds is 3. The number of pyridine rings is 1. The highest BCUT2D eigenvalue weighted by Gasteiger charge is 2.26. The van der Waals surface area contributed by atoms with Crippen molar-refractivity contribution >= 4 is 16.8 Å². The SMILES string of the molecule is COc1ccc(Cn2c(=O)[nH]c(=O)c3c4c(cnc32)C(=O)CC(C)C4)cc1. The van der Waals surface area contributed by atoms with Gasteiger partial charge in [-0.05, 0) is 35.6 Å². The van der Waals surface area contributed by atoms with Crippen LogP contribution in [0.4, 0.5) is 0 Å². The summed E-state index contributed by atoms with van der Waals surface area (Å²) in [5.74, 6) is 0.861. The number of nitrogens with one attached hydrogen (secondary N) is 1. The number of aromatic nitrogens is 3. The van der Waals surface area contributed by atoms with E-state index in [9.17, 15) is 14.4 Å². The van der Waals surface area contributed by atoms with Gasteiger partial charge in [0.25, 0.3) is 5.56 Å². The summed E-state index contributed by atoms with van der Waals surface area (Å²) in [7, 11) is 1.59. The number of hydrogen-bond acceptors (Lipinski definition) is 5. The van der Waals surface area contributed by atoms with Gasteiger partial charge in [-0.1, -0.05) is 19.1 Å². The molecule has 0 amide bonds. The second-order valence-electron chi connectivity index (χ2n) is 6.98. The number of nitrogens with zero attached hydrogens (tertiary/aromatic N) is 2. The minimum atomic E-state index is -0.522. The van der Waals surface area contributed by atoms with Crippen LogP contribution in [0, 0.1) is 5.92 Å². The summed E-state index contributed by atoms with van der Waals surface area (Å²) in [6, 6.07) is 7.33. The first-order valence-electron chi connectivity index (χ1n) is 8.78. The van der Waals surface area contributed by atoms with E-state index in [4.69, 9.17) is 4.74 Å². The van der Waals surface area contributed by atoms with Crippen molar-refractivity contribution in [3.8, 4) is 5.75 Å². The fourth-order valence-electron chi connectivity index (χ4n) is 3.66. The molecular formula is C20H19N3O4. The topological polar surface area (TPSA) is 94.1 Å². The summed E-state index contributed by atoms with van der Waals surface area (Å²) < 4.78 is 6.58. The minimum absolute atomic E-state index is 0.00884. The summed E-state index contributed by atoms with van der Waals surface area (Å²) in [6.45, 7) is 2.24. The minimum Gasteiger partial charge on any atom is -0.497 e. The number of ketones is 1. The third kappa shape index (κ3) is 2.95. The van der Waals surface area contributed by atoms with Crippen LogP contribution in [0.3, 0.4) is 0 Å². The van der Waals surface area contributed by atoms with Gasteiger partial charge in [0.2, 0.25) is 0 Å². The number of carbonyl (C=O) groups is 1. The number of carbonyl (C=O) groups excluding carboxylic acids is 1. The highest BCUT2D eigenvalue weighted by molar-refractivity contribution is 6.02. The molecule has 0 aliphatic heterocycles. The number of H-pyrrole nitrogens is 1. The number of methoxy groups -OCH3 is 1. The average Bonchev–Trinajstić information content (AvgIpc) is 2.64. The Morgan fingerprint density at radius 2 is 1.93 bits per heavy atom. The van der Waals surface area contributed by atoms with E-state index in [1.165, 1.54) is 10.8 Å². The zero-order valence-corrected chi connectivity index (χ0v) is 15.1. The largest absolute Gasteiger partial charge is 0.497 e. The summed E-state index contributed by atoms with van der Waals surface area (Å²) >= 11 is 0. The fraction of sp³-hybridized carbons (Fsp3) is 0.300. The molecule has 3 aromatic rings. The van der Waals surface area contributed by atoms with Gasteiger partial charge in [-0.2, -0.15) is 0 Å². The van der Waals surface area contributed by atoms with E-state index in [0.29, 0.717) is 35.0 Å². The predicted molar refractivity (Wildman–Crippen MR) is 101 cm³/mol. The summed E-state index contributed by atoms with van der Waals surface area (Å²) in [5, 5.41) is 0.334. The molecular weight excluding hydrogens is 346 g/mol. The number of fused-ring (bicyclic) bond motifs is 3. The second-order valence-corrected chi connectivity index (χ2v) is 6.98. The van der Waals surface area contributed by atoms with Crippen LogP contribution in [0.2, 0.25) is 0 Å². The molecule has 4 rings (SSSR count). The molecule has 0 radical (unpaired) electrons. The van der Waals surface area contributed by atoms with Crippen molar-refractivity contribution in [2.45, 2.75) is 26.3 Å². The maximum atomic E-state index is 12.5. The monoisotopic (exact) mass is 365 g/mol. The highest BCUT2D eigenvalue weighted by atomic mass is 16.5. The molecule has 1 aliphatic carbocycles. The second kappa shape index (κ2) is 6.50. The molecule has 27 heavy (non-hydrogen) atoms. The lowest BCUT2D eigenvalue weighted by Gasteiger charge is -2.21. The van der Waals surface area contributed by atoms with Crippen LogP contribution in [-0.2, 0) is 13.0 Å². The van der Waals surface area contributed by atoms with E-state index in [1.54, 1.807) is 7.11 Å². The Kier molecular flexibility index (Phi) is 4.14. The molecule has 2 aromatic heterocycles. The average molecular weight is 365 g/mol.